The number of amides is 2. The number of carbonyl (C=O) groups is 2. The van der Waals surface area contributed by atoms with Crippen LogP contribution in [0.5, 0.6) is 0 Å². The van der Waals surface area contributed by atoms with Crippen LogP contribution in [-0.2, 0) is 14.3 Å². The first kappa shape index (κ1) is 16.9. The Hall–Kier alpha value is -1.14. The van der Waals surface area contributed by atoms with Crippen LogP contribution in [0.15, 0.2) is 0 Å². The molecule has 0 aliphatic heterocycles. The number of nitrogens with two attached hydrogens (primary N) is 1. The van der Waals surface area contributed by atoms with Gasteiger partial charge in [0, 0.05) is 27.3 Å². The second-order valence-electron chi connectivity index (χ2n) is 5.57. The maximum atomic E-state index is 12.3. The minimum atomic E-state index is -0.774. The molecular formula is C14H27N3O3. The molecule has 0 spiro atoms. The van der Waals surface area contributed by atoms with Crippen molar-refractivity contribution in [3.63, 3.8) is 0 Å². The van der Waals surface area contributed by atoms with E-state index in [1.54, 1.807) is 14.2 Å². The fraction of sp³-hybridized carbons (Fsp3) is 0.857. The number of nitrogens with one attached hydrogen (secondary N) is 1. The van der Waals surface area contributed by atoms with E-state index < -0.39 is 5.54 Å². The summed E-state index contributed by atoms with van der Waals surface area (Å²) in [5.74, 6) is -0.277. The lowest BCUT2D eigenvalue weighted by Crippen LogP contribution is -2.56. The van der Waals surface area contributed by atoms with Gasteiger partial charge in [-0.05, 0) is 19.3 Å². The van der Waals surface area contributed by atoms with Crippen molar-refractivity contribution < 1.29 is 14.3 Å². The molecule has 0 aromatic heterocycles. The zero-order valence-corrected chi connectivity index (χ0v) is 12.6. The predicted molar refractivity (Wildman–Crippen MR) is 77.1 cm³/mol. The SMILES string of the molecule is COCCCNC(=O)CN(C)C(=O)C1(N)CCCCC1. The Morgan fingerprint density at radius 2 is 1.95 bits per heavy atom. The monoisotopic (exact) mass is 285 g/mol. The molecule has 1 aliphatic rings. The molecule has 6 nitrogen and oxygen atoms in total. The van der Waals surface area contributed by atoms with Gasteiger partial charge in [-0.15, -0.1) is 0 Å². The number of hydrogen-bond donors (Lipinski definition) is 2. The highest BCUT2D eigenvalue weighted by Crippen LogP contribution is 2.27. The summed E-state index contributed by atoms with van der Waals surface area (Å²) < 4.78 is 4.90. The smallest absolute Gasteiger partial charge is 0.242 e. The van der Waals surface area contributed by atoms with Crippen LogP contribution in [0.25, 0.3) is 0 Å². The highest BCUT2D eigenvalue weighted by Gasteiger charge is 2.37. The lowest BCUT2D eigenvalue weighted by molar-refractivity contribution is -0.140. The van der Waals surface area contributed by atoms with E-state index in [4.69, 9.17) is 10.5 Å². The quantitative estimate of drug-likeness (QED) is 0.657. The predicted octanol–water partition coefficient (Wildman–Crippen LogP) is 0.259. The first-order chi connectivity index (χ1) is 9.49. The molecule has 0 aromatic carbocycles. The molecule has 0 saturated heterocycles. The Balaban J connectivity index is 2.35. The second kappa shape index (κ2) is 8.21. The summed E-state index contributed by atoms with van der Waals surface area (Å²) in [7, 11) is 3.26. The maximum absolute atomic E-state index is 12.3. The van der Waals surface area contributed by atoms with E-state index in [1.807, 2.05) is 0 Å². The Morgan fingerprint density at radius 1 is 1.30 bits per heavy atom. The normalized spacial score (nSPS) is 17.6. The summed E-state index contributed by atoms with van der Waals surface area (Å²) in [6.07, 6.45) is 5.30. The third-order valence-corrected chi connectivity index (χ3v) is 3.75. The van der Waals surface area contributed by atoms with E-state index >= 15 is 0 Å². The van der Waals surface area contributed by atoms with Crippen molar-refractivity contribution in [2.75, 3.05) is 33.9 Å². The van der Waals surface area contributed by atoms with Crippen molar-refractivity contribution in [2.45, 2.75) is 44.1 Å². The molecule has 1 saturated carbocycles. The van der Waals surface area contributed by atoms with Crippen molar-refractivity contribution in [1.82, 2.24) is 10.2 Å². The van der Waals surface area contributed by atoms with Gasteiger partial charge in [0.25, 0.3) is 0 Å². The van der Waals surface area contributed by atoms with E-state index in [0.717, 1.165) is 25.7 Å². The van der Waals surface area contributed by atoms with Crippen LogP contribution in [0.3, 0.4) is 0 Å². The zero-order valence-electron chi connectivity index (χ0n) is 12.6. The van der Waals surface area contributed by atoms with Crippen LogP contribution in [-0.4, -0.2) is 56.1 Å². The summed E-state index contributed by atoms with van der Waals surface area (Å²) in [6.45, 7) is 1.23. The summed E-state index contributed by atoms with van der Waals surface area (Å²) >= 11 is 0. The Labute approximate surface area is 121 Å². The van der Waals surface area contributed by atoms with Gasteiger partial charge in [-0.1, -0.05) is 19.3 Å². The molecule has 0 atom stereocenters. The minimum Gasteiger partial charge on any atom is -0.385 e. The largest absolute Gasteiger partial charge is 0.385 e. The van der Waals surface area contributed by atoms with Gasteiger partial charge in [-0.25, -0.2) is 0 Å². The maximum Gasteiger partial charge on any atom is 0.242 e. The van der Waals surface area contributed by atoms with Crippen molar-refractivity contribution in [3.8, 4) is 0 Å². The molecule has 6 heteroatoms. The summed E-state index contributed by atoms with van der Waals surface area (Å²) in [5, 5.41) is 2.77. The molecule has 116 valence electrons. The summed E-state index contributed by atoms with van der Waals surface area (Å²) in [4.78, 5) is 25.5. The molecule has 1 rings (SSSR count). The lowest BCUT2D eigenvalue weighted by atomic mass is 9.81. The van der Waals surface area contributed by atoms with Crippen LogP contribution < -0.4 is 11.1 Å². The Morgan fingerprint density at radius 3 is 2.55 bits per heavy atom. The summed E-state index contributed by atoms with van der Waals surface area (Å²) in [5.41, 5.74) is 5.40. The fourth-order valence-corrected chi connectivity index (χ4v) is 2.56. The highest BCUT2D eigenvalue weighted by molar-refractivity contribution is 5.90. The number of nitrogens with zero attached hydrogens (tertiary/aromatic N) is 1. The average molecular weight is 285 g/mol. The lowest BCUT2D eigenvalue weighted by Gasteiger charge is -2.35. The molecule has 0 radical (unpaired) electrons. The van der Waals surface area contributed by atoms with Crippen molar-refractivity contribution in [1.29, 1.82) is 0 Å². The standard InChI is InChI=1S/C14H27N3O3/c1-17(11-12(18)16-9-6-10-20-2)13(19)14(15)7-4-3-5-8-14/h3-11,15H2,1-2H3,(H,16,18). The average Bonchev–Trinajstić information content (AvgIpc) is 2.43. The van der Waals surface area contributed by atoms with Crippen LogP contribution in [0.2, 0.25) is 0 Å². The third-order valence-electron chi connectivity index (χ3n) is 3.75. The van der Waals surface area contributed by atoms with Gasteiger partial charge in [-0.2, -0.15) is 0 Å². The van der Waals surface area contributed by atoms with Gasteiger partial charge in [0.15, 0.2) is 0 Å². The van der Waals surface area contributed by atoms with Gasteiger partial charge < -0.3 is 20.7 Å². The number of methoxy groups -OCH3 is 1. The zero-order chi connectivity index (χ0) is 15.0. The van der Waals surface area contributed by atoms with Crippen LogP contribution in [0, 0.1) is 0 Å². The van der Waals surface area contributed by atoms with E-state index in [2.05, 4.69) is 5.32 Å². The van der Waals surface area contributed by atoms with E-state index in [-0.39, 0.29) is 18.4 Å². The highest BCUT2D eigenvalue weighted by atomic mass is 16.5. The number of hydrogen-bond acceptors (Lipinski definition) is 4. The van der Waals surface area contributed by atoms with Gasteiger partial charge >= 0.3 is 0 Å². The first-order valence-corrected chi connectivity index (χ1v) is 7.30. The molecule has 1 fully saturated rings. The molecule has 20 heavy (non-hydrogen) atoms. The molecule has 1 aliphatic carbocycles. The number of ether oxygens (including phenoxy) is 1. The second-order valence-corrected chi connectivity index (χ2v) is 5.57. The van der Waals surface area contributed by atoms with E-state index in [1.165, 1.54) is 4.90 Å². The number of carbonyl (C=O) groups excluding carboxylic acids is 2. The van der Waals surface area contributed by atoms with Gasteiger partial charge in [-0.3, -0.25) is 9.59 Å². The van der Waals surface area contributed by atoms with E-state index in [0.29, 0.717) is 26.0 Å². The van der Waals surface area contributed by atoms with Crippen LogP contribution in [0.4, 0.5) is 0 Å². The van der Waals surface area contributed by atoms with Crippen molar-refractivity contribution in [3.05, 3.63) is 0 Å². The molecule has 2 amide bonds. The molecule has 0 unspecified atom stereocenters. The molecule has 0 heterocycles. The number of rotatable bonds is 7. The van der Waals surface area contributed by atoms with Gasteiger partial charge in [0.05, 0.1) is 12.1 Å². The number of likely N-dealkylation sites (N-methyl/N-ethyl adjacent to an activating group) is 1. The van der Waals surface area contributed by atoms with Crippen LogP contribution in [0.1, 0.15) is 38.5 Å². The van der Waals surface area contributed by atoms with Gasteiger partial charge in [0.1, 0.15) is 0 Å². The molecule has 0 bridgehead atoms. The van der Waals surface area contributed by atoms with Crippen molar-refractivity contribution >= 4 is 11.8 Å². The topological polar surface area (TPSA) is 84.7 Å². The molecule has 0 aromatic rings. The third kappa shape index (κ3) is 5.09. The van der Waals surface area contributed by atoms with Gasteiger partial charge in [0.2, 0.25) is 11.8 Å². The summed E-state index contributed by atoms with van der Waals surface area (Å²) in [6, 6.07) is 0. The Bertz CT molecular complexity index is 328. The van der Waals surface area contributed by atoms with Crippen LogP contribution >= 0.6 is 0 Å². The minimum absolute atomic E-state index is 0.0603. The Kier molecular flexibility index (Phi) is 6.95. The van der Waals surface area contributed by atoms with Crippen molar-refractivity contribution in [2.24, 2.45) is 5.73 Å². The molecule has 3 N–H and O–H groups in total. The fourth-order valence-electron chi connectivity index (χ4n) is 2.56. The molecular weight excluding hydrogens is 258 g/mol. The van der Waals surface area contributed by atoms with E-state index in [9.17, 15) is 9.59 Å². The first-order valence-electron chi connectivity index (χ1n) is 7.30.